The Labute approximate surface area is 82.5 Å². The molecule has 1 aromatic carbocycles. The maximum atomic E-state index is 13.1. The summed E-state index contributed by atoms with van der Waals surface area (Å²) < 4.78 is 18.5. The van der Waals surface area contributed by atoms with Gasteiger partial charge in [-0.3, -0.25) is 0 Å². The largest absolute Gasteiger partial charge is 0.444 e. The molecule has 0 spiro atoms. The van der Waals surface area contributed by atoms with Crippen molar-refractivity contribution in [3.63, 3.8) is 0 Å². The fourth-order valence-corrected chi connectivity index (χ4v) is 1.25. The Morgan fingerprint density at radius 1 is 1.38 bits per heavy atom. The number of aromatic nitrogens is 1. The molecule has 0 aliphatic rings. The van der Waals surface area contributed by atoms with Gasteiger partial charge >= 0.3 is 0 Å². The molecule has 2 nitrogen and oxygen atoms in total. The predicted octanol–water partition coefficient (Wildman–Crippen LogP) is 3.24. The van der Waals surface area contributed by atoms with Gasteiger partial charge in [0.25, 0.3) is 0 Å². The summed E-state index contributed by atoms with van der Waals surface area (Å²) >= 11 is 3.07. The van der Waals surface area contributed by atoms with Gasteiger partial charge in [0.15, 0.2) is 12.2 Å². The molecule has 0 unspecified atom stereocenters. The topological polar surface area (TPSA) is 26.0 Å². The first-order valence-corrected chi connectivity index (χ1v) is 4.40. The van der Waals surface area contributed by atoms with Crippen LogP contribution in [0.25, 0.3) is 11.3 Å². The highest BCUT2D eigenvalue weighted by molar-refractivity contribution is 9.10. The first-order chi connectivity index (χ1) is 6.27. The van der Waals surface area contributed by atoms with E-state index in [0.717, 1.165) is 0 Å². The second-order valence-corrected chi connectivity index (χ2v) is 3.35. The summed E-state index contributed by atoms with van der Waals surface area (Å²) in [5, 5.41) is 0. The molecule has 0 saturated heterocycles. The van der Waals surface area contributed by atoms with Gasteiger partial charge in [-0.05, 0) is 34.1 Å². The molecule has 4 heteroatoms. The van der Waals surface area contributed by atoms with Gasteiger partial charge in [-0.15, -0.1) is 0 Å². The number of oxazole rings is 1. The molecular formula is C9H5BrFNO. The highest BCUT2D eigenvalue weighted by atomic mass is 79.9. The highest BCUT2D eigenvalue weighted by Gasteiger charge is 2.04. The van der Waals surface area contributed by atoms with Gasteiger partial charge in [0.1, 0.15) is 5.82 Å². The molecule has 13 heavy (non-hydrogen) atoms. The molecule has 2 rings (SSSR count). The minimum Gasteiger partial charge on any atom is -0.444 e. The van der Waals surface area contributed by atoms with Crippen molar-refractivity contribution in [1.82, 2.24) is 4.98 Å². The predicted molar refractivity (Wildman–Crippen MR) is 49.6 cm³/mol. The van der Waals surface area contributed by atoms with Crippen molar-refractivity contribution >= 4 is 15.9 Å². The normalized spacial score (nSPS) is 10.3. The van der Waals surface area contributed by atoms with E-state index in [2.05, 4.69) is 20.9 Å². The molecule has 1 aromatic heterocycles. The van der Waals surface area contributed by atoms with Crippen LogP contribution in [0.15, 0.2) is 39.7 Å². The highest BCUT2D eigenvalue weighted by Crippen LogP contribution is 2.23. The van der Waals surface area contributed by atoms with Crippen LogP contribution in [0.5, 0.6) is 0 Å². The lowest BCUT2D eigenvalue weighted by Gasteiger charge is -1.97. The Balaban J connectivity index is 2.49. The summed E-state index contributed by atoms with van der Waals surface area (Å²) in [6, 6.07) is 4.78. The van der Waals surface area contributed by atoms with Crippen molar-refractivity contribution < 1.29 is 8.81 Å². The van der Waals surface area contributed by atoms with E-state index in [1.807, 2.05) is 0 Å². The molecule has 0 fully saturated rings. The smallest absolute Gasteiger partial charge is 0.181 e. The zero-order valence-corrected chi connectivity index (χ0v) is 8.08. The Kier molecular flexibility index (Phi) is 2.14. The van der Waals surface area contributed by atoms with E-state index < -0.39 is 0 Å². The van der Waals surface area contributed by atoms with Crippen molar-refractivity contribution in [3.8, 4) is 11.3 Å². The Bertz CT molecular complexity index is 414. The average Bonchev–Trinajstić information content (AvgIpc) is 2.62. The summed E-state index contributed by atoms with van der Waals surface area (Å²) in [4.78, 5) is 3.75. The van der Waals surface area contributed by atoms with Crippen LogP contribution in [0.1, 0.15) is 0 Å². The molecule has 0 saturated carbocycles. The molecule has 0 N–H and O–H groups in total. The van der Waals surface area contributed by atoms with Crippen molar-refractivity contribution in [2.24, 2.45) is 0 Å². The Morgan fingerprint density at radius 3 is 2.85 bits per heavy atom. The van der Waals surface area contributed by atoms with E-state index in [9.17, 15) is 4.39 Å². The summed E-state index contributed by atoms with van der Waals surface area (Å²) in [5.41, 5.74) is 0.679. The third kappa shape index (κ3) is 1.62. The van der Waals surface area contributed by atoms with E-state index in [-0.39, 0.29) is 5.82 Å². The third-order valence-corrected chi connectivity index (χ3v) is 2.28. The Hall–Kier alpha value is -1.16. The summed E-state index contributed by atoms with van der Waals surface area (Å²) in [5.74, 6) is 0.250. The van der Waals surface area contributed by atoms with Gasteiger partial charge in [-0.1, -0.05) is 0 Å². The zero-order valence-electron chi connectivity index (χ0n) is 6.50. The van der Waals surface area contributed by atoms with Crippen molar-refractivity contribution in [2.75, 3.05) is 0 Å². The maximum Gasteiger partial charge on any atom is 0.181 e. The molecule has 66 valence electrons. The maximum absolute atomic E-state index is 13.1. The molecule has 0 atom stereocenters. The molecule has 2 aromatic rings. The minimum atomic E-state index is -0.311. The summed E-state index contributed by atoms with van der Waals surface area (Å²) in [7, 11) is 0. The van der Waals surface area contributed by atoms with Gasteiger partial charge in [0.05, 0.1) is 10.7 Å². The van der Waals surface area contributed by atoms with Gasteiger partial charge < -0.3 is 4.42 Å². The number of benzene rings is 1. The van der Waals surface area contributed by atoms with Gasteiger partial charge in [-0.25, -0.2) is 9.37 Å². The van der Waals surface area contributed by atoms with Crippen LogP contribution in [-0.2, 0) is 0 Å². The summed E-state index contributed by atoms with van der Waals surface area (Å²) in [6.07, 6.45) is 2.86. The quantitative estimate of drug-likeness (QED) is 0.767. The third-order valence-electron chi connectivity index (χ3n) is 1.64. The van der Waals surface area contributed by atoms with Crippen LogP contribution < -0.4 is 0 Å². The fourth-order valence-electron chi connectivity index (χ4n) is 1.01. The second-order valence-electron chi connectivity index (χ2n) is 2.49. The van der Waals surface area contributed by atoms with Crippen molar-refractivity contribution in [2.45, 2.75) is 0 Å². The van der Waals surface area contributed by atoms with E-state index in [1.54, 1.807) is 18.3 Å². The molecule has 0 aliphatic heterocycles. The van der Waals surface area contributed by atoms with Crippen molar-refractivity contribution in [1.29, 1.82) is 0 Å². The molecule has 1 heterocycles. The van der Waals surface area contributed by atoms with Crippen molar-refractivity contribution in [3.05, 3.63) is 41.1 Å². The lowest BCUT2D eigenvalue weighted by atomic mass is 10.2. The van der Waals surface area contributed by atoms with Gasteiger partial charge in [0.2, 0.25) is 0 Å². The molecule has 0 bridgehead atoms. The molecule has 0 radical (unpaired) electrons. The van der Waals surface area contributed by atoms with Crippen LogP contribution in [-0.4, -0.2) is 4.98 Å². The number of hydrogen-bond donors (Lipinski definition) is 0. The van der Waals surface area contributed by atoms with Crippen LogP contribution in [0, 0.1) is 5.82 Å². The number of halogens is 2. The van der Waals surface area contributed by atoms with E-state index in [1.165, 1.54) is 12.5 Å². The lowest BCUT2D eigenvalue weighted by Crippen LogP contribution is -1.79. The molecular weight excluding hydrogens is 237 g/mol. The lowest BCUT2D eigenvalue weighted by molar-refractivity contribution is 0.570. The first-order valence-electron chi connectivity index (χ1n) is 3.61. The van der Waals surface area contributed by atoms with E-state index in [0.29, 0.717) is 15.8 Å². The van der Waals surface area contributed by atoms with Crippen LogP contribution in [0.3, 0.4) is 0 Å². The number of rotatable bonds is 1. The van der Waals surface area contributed by atoms with Crippen LogP contribution >= 0.6 is 15.9 Å². The molecule has 0 aliphatic carbocycles. The monoisotopic (exact) mass is 241 g/mol. The average molecular weight is 242 g/mol. The SMILES string of the molecule is Fc1cc(-c2cnco2)ccc1Br. The van der Waals surface area contributed by atoms with E-state index in [4.69, 9.17) is 4.42 Å². The fraction of sp³-hybridized carbons (Fsp3) is 0. The number of nitrogens with zero attached hydrogens (tertiary/aromatic N) is 1. The minimum absolute atomic E-state index is 0.311. The van der Waals surface area contributed by atoms with Crippen LogP contribution in [0.4, 0.5) is 4.39 Å². The van der Waals surface area contributed by atoms with Gasteiger partial charge in [-0.2, -0.15) is 0 Å². The number of hydrogen-bond acceptors (Lipinski definition) is 2. The first kappa shape index (κ1) is 8.44. The standard InChI is InChI=1S/C9H5BrFNO/c10-7-2-1-6(3-8(7)11)9-4-12-5-13-9/h1-5H. The Morgan fingerprint density at radius 2 is 2.23 bits per heavy atom. The van der Waals surface area contributed by atoms with Gasteiger partial charge in [0, 0.05) is 5.56 Å². The van der Waals surface area contributed by atoms with Crippen LogP contribution in [0.2, 0.25) is 0 Å². The zero-order chi connectivity index (χ0) is 9.26. The second kappa shape index (κ2) is 3.30. The van der Waals surface area contributed by atoms with E-state index >= 15 is 0 Å². The summed E-state index contributed by atoms with van der Waals surface area (Å²) in [6.45, 7) is 0. The molecule has 0 amide bonds.